The van der Waals surface area contributed by atoms with Gasteiger partial charge in [-0.2, -0.15) is 5.10 Å². The molecule has 0 unspecified atom stereocenters. The van der Waals surface area contributed by atoms with Crippen LogP contribution in [0, 0.1) is 5.82 Å². The van der Waals surface area contributed by atoms with Crippen LogP contribution >= 0.6 is 11.8 Å². The van der Waals surface area contributed by atoms with Crippen LogP contribution in [-0.4, -0.2) is 26.9 Å². The molecule has 0 saturated heterocycles. The van der Waals surface area contributed by atoms with Crippen LogP contribution in [0.2, 0.25) is 0 Å². The fourth-order valence-corrected chi connectivity index (χ4v) is 3.10. The van der Waals surface area contributed by atoms with Gasteiger partial charge in [0.1, 0.15) is 5.82 Å². The molecule has 0 spiro atoms. The number of nitrogens with zero attached hydrogens (tertiary/aromatic N) is 3. The van der Waals surface area contributed by atoms with Gasteiger partial charge in [-0.1, -0.05) is 36.0 Å². The maximum absolute atomic E-state index is 12.9. The smallest absolute Gasteiger partial charge is 0.250 e. The predicted molar refractivity (Wildman–Crippen MR) is 98.2 cm³/mol. The summed E-state index contributed by atoms with van der Waals surface area (Å²) in [7, 11) is 1.92. The zero-order valence-corrected chi connectivity index (χ0v) is 14.7. The van der Waals surface area contributed by atoms with Gasteiger partial charge in [0, 0.05) is 7.05 Å². The lowest BCUT2D eigenvalue weighted by Crippen LogP contribution is -2.21. The Bertz CT molecular complexity index is 934. The molecule has 0 aliphatic heterocycles. The Labute approximate surface area is 148 Å². The zero-order valence-electron chi connectivity index (χ0n) is 13.9. The number of carbonyl (C=O) groups is 1. The molecule has 0 saturated carbocycles. The molecule has 0 bridgehead atoms. The second-order valence-electron chi connectivity index (χ2n) is 5.47. The molecule has 2 aromatic carbocycles. The predicted octanol–water partition coefficient (Wildman–Crippen LogP) is 3.34. The van der Waals surface area contributed by atoms with Crippen molar-refractivity contribution < 1.29 is 9.18 Å². The molecular formula is C18H17FN4OS. The molecule has 1 aromatic heterocycles. The quantitative estimate of drug-likeness (QED) is 0.433. The molecule has 0 radical (unpaired) electrons. The summed E-state index contributed by atoms with van der Waals surface area (Å²) >= 11 is 1.35. The Hall–Kier alpha value is -2.67. The van der Waals surface area contributed by atoms with Gasteiger partial charge >= 0.3 is 0 Å². The van der Waals surface area contributed by atoms with Gasteiger partial charge in [0.15, 0.2) is 5.16 Å². The Kier molecular flexibility index (Phi) is 5.14. The lowest BCUT2D eigenvalue weighted by molar-refractivity contribution is -0.118. The van der Waals surface area contributed by atoms with E-state index < -0.39 is 0 Å². The maximum atomic E-state index is 12.9. The van der Waals surface area contributed by atoms with Crippen LogP contribution in [0.25, 0.3) is 11.0 Å². The molecule has 3 aromatic rings. The molecule has 1 heterocycles. The van der Waals surface area contributed by atoms with Crippen LogP contribution in [0.3, 0.4) is 0 Å². The Morgan fingerprint density at radius 2 is 1.96 bits per heavy atom. The average molecular weight is 356 g/mol. The number of benzene rings is 2. The topological polar surface area (TPSA) is 59.3 Å². The van der Waals surface area contributed by atoms with E-state index in [2.05, 4.69) is 15.5 Å². The molecule has 0 aliphatic rings. The fourth-order valence-electron chi connectivity index (χ4n) is 2.32. The summed E-state index contributed by atoms with van der Waals surface area (Å²) in [6.07, 6.45) is 0. The Morgan fingerprint density at radius 3 is 2.68 bits per heavy atom. The fraction of sp³-hybridized carbons (Fsp3) is 0.167. The monoisotopic (exact) mass is 356 g/mol. The van der Waals surface area contributed by atoms with Crippen molar-refractivity contribution >= 4 is 34.4 Å². The number of thioether (sulfide) groups is 1. The number of amides is 1. The number of nitrogens with one attached hydrogen (secondary N) is 1. The lowest BCUT2D eigenvalue weighted by Gasteiger charge is -2.03. The van der Waals surface area contributed by atoms with Gasteiger partial charge < -0.3 is 4.57 Å². The van der Waals surface area contributed by atoms with Crippen molar-refractivity contribution in [1.29, 1.82) is 0 Å². The third kappa shape index (κ3) is 4.06. The van der Waals surface area contributed by atoms with Gasteiger partial charge in [-0.15, -0.1) is 0 Å². The van der Waals surface area contributed by atoms with Gasteiger partial charge in [0.25, 0.3) is 5.91 Å². The van der Waals surface area contributed by atoms with Gasteiger partial charge in [0.05, 0.1) is 22.5 Å². The standard InChI is InChI=1S/C18H17FN4OS/c1-12(13-7-9-14(19)10-8-13)21-22-17(24)11-25-18-20-15-5-3-4-6-16(15)23(18)2/h3-10H,11H2,1-2H3,(H,22,24)/b21-12+. The van der Waals surface area contributed by atoms with Crippen molar-refractivity contribution in [2.75, 3.05) is 5.75 Å². The summed E-state index contributed by atoms with van der Waals surface area (Å²) < 4.78 is 14.9. The second-order valence-corrected chi connectivity index (χ2v) is 6.41. The van der Waals surface area contributed by atoms with Gasteiger partial charge in [-0.25, -0.2) is 14.8 Å². The summed E-state index contributed by atoms with van der Waals surface area (Å²) in [5.41, 5.74) is 5.81. The molecule has 25 heavy (non-hydrogen) atoms. The number of imidazole rings is 1. The minimum atomic E-state index is -0.306. The van der Waals surface area contributed by atoms with E-state index in [0.29, 0.717) is 5.71 Å². The molecule has 1 N–H and O–H groups in total. The van der Waals surface area contributed by atoms with E-state index in [9.17, 15) is 9.18 Å². The number of para-hydroxylation sites is 2. The molecule has 0 atom stereocenters. The normalized spacial score (nSPS) is 11.7. The first-order valence-corrected chi connectivity index (χ1v) is 8.66. The van der Waals surface area contributed by atoms with E-state index in [1.54, 1.807) is 19.1 Å². The number of hydrogen-bond donors (Lipinski definition) is 1. The maximum Gasteiger partial charge on any atom is 0.250 e. The highest BCUT2D eigenvalue weighted by molar-refractivity contribution is 7.99. The number of aromatic nitrogens is 2. The van der Waals surface area contributed by atoms with Crippen LogP contribution in [0.4, 0.5) is 4.39 Å². The molecular weight excluding hydrogens is 339 g/mol. The highest BCUT2D eigenvalue weighted by Crippen LogP contribution is 2.22. The van der Waals surface area contributed by atoms with Crippen LogP contribution < -0.4 is 5.43 Å². The number of carbonyl (C=O) groups excluding carboxylic acids is 1. The minimum absolute atomic E-state index is 0.206. The van der Waals surface area contributed by atoms with E-state index in [4.69, 9.17) is 0 Å². The molecule has 7 heteroatoms. The molecule has 5 nitrogen and oxygen atoms in total. The summed E-state index contributed by atoms with van der Waals surface area (Å²) in [6, 6.07) is 13.8. The summed E-state index contributed by atoms with van der Waals surface area (Å²) in [6.45, 7) is 1.76. The summed E-state index contributed by atoms with van der Waals surface area (Å²) in [4.78, 5) is 16.5. The van der Waals surface area contributed by atoms with Crippen molar-refractivity contribution in [2.45, 2.75) is 12.1 Å². The SMILES string of the molecule is C/C(=N\NC(=O)CSc1nc2ccccc2n1C)c1ccc(F)cc1. The number of aryl methyl sites for hydroxylation is 1. The van der Waals surface area contributed by atoms with Gasteiger partial charge in [-0.05, 0) is 36.8 Å². The number of halogens is 1. The van der Waals surface area contributed by atoms with E-state index in [-0.39, 0.29) is 17.5 Å². The number of rotatable bonds is 5. The third-order valence-electron chi connectivity index (χ3n) is 3.69. The van der Waals surface area contributed by atoms with E-state index in [1.807, 2.05) is 35.9 Å². The highest BCUT2D eigenvalue weighted by Gasteiger charge is 2.10. The van der Waals surface area contributed by atoms with Crippen molar-refractivity contribution in [3.05, 3.63) is 59.9 Å². The van der Waals surface area contributed by atoms with Crippen molar-refractivity contribution in [3.63, 3.8) is 0 Å². The minimum Gasteiger partial charge on any atom is -0.322 e. The number of hydrogen-bond acceptors (Lipinski definition) is 4. The van der Waals surface area contributed by atoms with Gasteiger partial charge in [-0.3, -0.25) is 4.79 Å². The van der Waals surface area contributed by atoms with E-state index >= 15 is 0 Å². The molecule has 0 fully saturated rings. The summed E-state index contributed by atoms with van der Waals surface area (Å²) in [5.74, 6) is -0.324. The molecule has 128 valence electrons. The Balaban J connectivity index is 1.59. The summed E-state index contributed by atoms with van der Waals surface area (Å²) in [5, 5.41) is 4.83. The average Bonchev–Trinajstić information content (AvgIpc) is 2.95. The van der Waals surface area contributed by atoms with Crippen molar-refractivity contribution in [3.8, 4) is 0 Å². The molecule has 1 amide bonds. The van der Waals surface area contributed by atoms with Crippen LogP contribution in [0.15, 0.2) is 58.8 Å². The van der Waals surface area contributed by atoms with Crippen LogP contribution in [0.1, 0.15) is 12.5 Å². The number of fused-ring (bicyclic) bond motifs is 1. The van der Waals surface area contributed by atoms with Crippen molar-refractivity contribution in [1.82, 2.24) is 15.0 Å². The first-order chi connectivity index (χ1) is 12.0. The number of hydrazone groups is 1. The van der Waals surface area contributed by atoms with Gasteiger partial charge in [0.2, 0.25) is 0 Å². The molecule has 0 aliphatic carbocycles. The zero-order chi connectivity index (χ0) is 17.8. The Morgan fingerprint density at radius 1 is 1.24 bits per heavy atom. The van der Waals surface area contributed by atoms with Crippen LogP contribution in [-0.2, 0) is 11.8 Å². The lowest BCUT2D eigenvalue weighted by atomic mass is 10.1. The first-order valence-electron chi connectivity index (χ1n) is 7.68. The molecule has 3 rings (SSSR count). The van der Waals surface area contributed by atoms with Crippen molar-refractivity contribution in [2.24, 2.45) is 12.1 Å². The third-order valence-corrected chi connectivity index (χ3v) is 4.72. The van der Waals surface area contributed by atoms with E-state index in [0.717, 1.165) is 21.8 Å². The largest absolute Gasteiger partial charge is 0.322 e. The van der Waals surface area contributed by atoms with E-state index in [1.165, 1.54) is 23.9 Å². The highest BCUT2D eigenvalue weighted by atomic mass is 32.2. The first kappa shape index (κ1) is 17.2. The second kappa shape index (κ2) is 7.48. The van der Waals surface area contributed by atoms with Crippen LogP contribution in [0.5, 0.6) is 0 Å².